The number of aryl methyl sites for hydroxylation is 1. The summed E-state index contributed by atoms with van der Waals surface area (Å²) >= 11 is 0. The lowest BCUT2D eigenvalue weighted by molar-refractivity contribution is -0.137. The first-order valence-corrected chi connectivity index (χ1v) is 8.41. The molecule has 1 aliphatic heterocycles. The van der Waals surface area contributed by atoms with Crippen molar-refractivity contribution in [3.8, 4) is 0 Å². The Morgan fingerprint density at radius 3 is 2.80 bits per heavy atom. The second kappa shape index (κ2) is 7.48. The van der Waals surface area contributed by atoms with Gasteiger partial charge in [0.25, 0.3) is 5.91 Å². The number of hydrogen-bond acceptors (Lipinski definition) is 5. The highest BCUT2D eigenvalue weighted by Crippen LogP contribution is 2.18. The first kappa shape index (κ1) is 17.2. The van der Waals surface area contributed by atoms with E-state index in [0.717, 1.165) is 29.3 Å². The van der Waals surface area contributed by atoms with E-state index in [0.29, 0.717) is 25.3 Å². The summed E-state index contributed by atoms with van der Waals surface area (Å²) in [5.41, 5.74) is 5.41. The van der Waals surface area contributed by atoms with E-state index in [1.165, 1.54) is 0 Å². The third-order valence-corrected chi connectivity index (χ3v) is 4.18. The van der Waals surface area contributed by atoms with Crippen LogP contribution in [0, 0.1) is 0 Å². The summed E-state index contributed by atoms with van der Waals surface area (Å²) in [7, 11) is 1.84. The molecule has 0 atom stereocenters. The Hall–Kier alpha value is -2.67. The summed E-state index contributed by atoms with van der Waals surface area (Å²) in [5, 5.41) is 7.05. The molecule has 0 bridgehead atoms. The molecule has 0 spiro atoms. The Labute approximate surface area is 146 Å². The van der Waals surface area contributed by atoms with Gasteiger partial charge in [-0.15, -0.1) is 0 Å². The van der Waals surface area contributed by atoms with E-state index < -0.39 is 0 Å². The van der Waals surface area contributed by atoms with Gasteiger partial charge in [0, 0.05) is 37.8 Å². The van der Waals surface area contributed by atoms with E-state index in [9.17, 15) is 9.59 Å². The van der Waals surface area contributed by atoms with Gasteiger partial charge in [0.15, 0.2) is 0 Å². The molecule has 2 aromatic rings. The van der Waals surface area contributed by atoms with Crippen LogP contribution < -0.4 is 5.43 Å². The van der Waals surface area contributed by atoms with Crippen LogP contribution in [0.5, 0.6) is 0 Å². The minimum atomic E-state index is -0.293. The standard InChI is InChI=1S/C18H22N4O3/c1-3-25-17(23)11-13-7-9-22(10-8-13)20-18(24)14-5-4-6-16-15(14)12-21(2)19-16/h4-6,11-12H,3,7-10H2,1-2H3,(H,20,24). The number of piperidine rings is 1. The van der Waals surface area contributed by atoms with Gasteiger partial charge in [-0.2, -0.15) is 5.10 Å². The van der Waals surface area contributed by atoms with Crippen LogP contribution in [0.3, 0.4) is 0 Å². The zero-order chi connectivity index (χ0) is 17.8. The molecule has 1 amide bonds. The number of aromatic nitrogens is 2. The number of nitrogens with zero attached hydrogens (tertiary/aromatic N) is 3. The smallest absolute Gasteiger partial charge is 0.330 e. The van der Waals surface area contributed by atoms with E-state index in [4.69, 9.17) is 4.74 Å². The molecule has 132 valence electrons. The number of hydrogen-bond donors (Lipinski definition) is 1. The van der Waals surface area contributed by atoms with Gasteiger partial charge in [-0.05, 0) is 31.9 Å². The first-order valence-electron chi connectivity index (χ1n) is 8.41. The van der Waals surface area contributed by atoms with Crippen LogP contribution in [-0.4, -0.2) is 46.4 Å². The van der Waals surface area contributed by atoms with Crippen LogP contribution in [0.1, 0.15) is 30.1 Å². The van der Waals surface area contributed by atoms with E-state index >= 15 is 0 Å². The van der Waals surface area contributed by atoms with E-state index in [2.05, 4.69) is 10.5 Å². The van der Waals surface area contributed by atoms with E-state index in [1.54, 1.807) is 23.7 Å². The quantitative estimate of drug-likeness (QED) is 0.677. The Kier molecular flexibility index (Phi) is 5.14. The van der Waals surface area contributed by atoms with Gasteiger partial charge >= 0.3 is 5.97 Å². The van der Waals surface area contributed by atoms with Gasteiger partial charge in [0.05, 0.1) is 17.7 Å². The lowest BCUT2D eigenvalue weighted by atomic mass is 10.0. The molecule has 25 heavy (non-hydrogen) atoms. The van der Waals surface area contributed by atoms with Crippen molar-refractivity contribution >= 4 is 22.8 Å². The molecule has 0 unspecified atom stereocenters. The van der Waals surface area contributed by atoms with E-state index in [-0.39, 0.29) is 11.9 Å². The zero-order valence-corrected chi connectivity index (χ0v) is 14.5. The molecule has 1 fully saturated rings. The fraction of sp³-hybridized carbons (Fsp3) is 0.389. The van der Waals surface area contributed by atoms with Gasteiger partial charge in [-0.25, -0.2) is 9.80 Å². The average molecular weight is 342 g/mol. The number of carbonyl (C=O) groups is 2. The highest BCUT2D eigenvalue weighted by atomic mass is 16.5. The number of nitrogens with one attached hydrogen (secondary N) is 1. The van der Waals surface area contributed by atoms with Crippen molar-refractivity contribution in [3.63, 3.8) is 0 Å². The van der Waals surface area contributed by atoms with Crippen molar-refractivity contribution in [3.05, 3.63) is 41.6 Å². The molecule has 1 aliphatic rings. The molecule has 0 radical (unpaired) electrons. The molecule has 0 saturated carbocycles. The van der Waals surface area contributed by atoms with Gasteiger partial charge in [0.1, 0.15) is 0 Å². The summed E-state index contributed by atoms with van der Waals surface area (Å²) in [6.45, 7) is 3.50. The van der Waals surface area contributed by atoms with Gasteiger partial charge in [-0.3, -0.25) is 14.9 Å². The maximum atomic E-state index is 12.6. The lowest BCUT2D eigenvalue weighted by Crippen LogP contribution is -2.45. The van der Waals surface area contributed by atoms with Crippen molar-refractivity contribution in [2.45, 2.75) is 19.8 Å². The molecular weight excluding hydrogens is 320 g/mol. The second-order valence-electron chi connectivity index (χ2n) is 6.02. The number of esters is 1. The van der Waals surface area contributed by atoms with Gasteiger partial charge in [0.2, 0.25) is 0 Å². The normalized spacial score (nSPS) is 15.2. The number of benzene rings is 1. The Morgan fingerprint density at radius 2 is 2.08 bits per heavy atom. The number of fused-ring (bicyclic) bond motifs is 1. The number of amides is 1. The predicted octanol–water partition coefficient (Wildman–Crippen LogP) is 1.80. The van der Waals surface area contributed by atoms with Crippen LogP contribution >= 0.6 is 0 Å². The zero-order valence-electron chi connectivity index (χ0n) is 14.5. The van der Waals surface area contributed by atoms with Crippen molar-refractivity contribution < 1.29 is 14.3 Å². The molecule has 3 rings (SSSR count). The maximum Gasteiger partial charge on any atom is 0.330 e. The Balaban J connectivity index is 1.62. The first-order chi connectivity index (χ1) is 12.1. The molecule has 0 aliphatic carbocycles. The van der Waals surface area contributed by atoms with Crippen LogP contribution in [0.15, 0.2) is 36.0 Å². The predicted molar refractivity (Wildman–Crippen MR) is 93.7 cm³/mol. The molecule has 7 heteroatoms. The number of hydrazine groups is 1. The minimum absolute atomic E-state index is 0.142. The van der Waals surface area contributed by atoms with Crippen molar-refractivity contribution in [2.24, 2.45) is 7.05 Å². The molecule has 1 aromatic carbocycles. The van der Waals surface area contributed by atoms with Crippen molar-refractivity contribution in [1.29, 1.82) is 0 Å². The fourth-order valence-corrected chi connectivity index (χ4v) is 2.96. The minimum Gasteiger partial charge on any atom is -0.463 e. The lowest BCUT2D eigenvalue weighted by Gasteiger charge is -2.28. The third kappa shape index (κ3) is 4.06. The molecule has 2 heterocycles. The summed E-state index contributed by atoms with van der Waals surface area (Å²) < 4.78 is 6.63. The SMILES string of the molecule is CCOC(=O)C=C1CCN(NC(=O)c2cccc3nn(C)cc23)CC1. The fourth-order valence-electron chi connectivity index (χ4n) is 2.96. The Morgan fingerprint density at radius 1 is 1.32 bits per heavy atom. The van der Waals surface area contributed by atoms with Gasteiger partial charge in [-0.1, -0.05) is 11.6 Å². The van der Waals surface area contributed by atoms with Crippen molar-refractivity contribution in [2.75, 3.05) is 19.7 Å². The molecule has 1 aromatic heterocycles. The monoisotopic (exact) mass is 342 g/mol. The highest BCUT2D eigenvalue weighted by Gasteiger charge is 2.19. The average Bonchev–Trinajstić information content (AvgIpc) is 2.96. The summed E-state index contributed by atoms with van der Waals surface area (Å²) in [6, 6.07) is 5.52. The summed E-state index contributed by atoms with van der Waals surface area (Å²) in [6.07, 6.45) is 4.88. The summed E-state index contributed by atoms with van der Waals surface area (Å²) in [5.74, 6) is -0.435. The third-order valence-electron chi connectivity index (χ3n) is 4.18. The van der Waals surface area contributed by atoms with Crippen molar-refractivity contribution in [1.82, 2.24) is 20.2 Å². The number of rotatable bonds is 4. The molecular formula is C18H22N4O3. The highest BCUT2D eigenvalue weighted by molar-refractivity contribution is 6.05. The van der Waals surface area contributed by atoms with Crippen LogP contribution in [0.25, 0.3) is 10.9 Å². The molecule has 7 nitrogen and oxygen atoms in total. The van der Waals surface area contributed by atoms with Crippen LogP contribution in [0.2, 0.25) is 0 Å². The van der Waals surface area contributed by atoms with Crippen LogP contribution in [0.4, 0.5) is 0 Å². The largest absolute Gasteiger partial charge is 0.463 e. The topological polar surface area (TPSA) is 76.5 Å². The second-order valence-corrected chi connectivity index (χ2v) is 6.02. The van der Waals surface area contributed by atoms with Gasteiger partial charge < -0.3 is 4.74 Å². The van der Waals surface area contributed by atoms with E-state index in [1.807, 2.05) is 30.4 Å². The van der Waals surface area contributed by atoms with Crippen LogP contribution in [-0.2, 0) is 16.6 Å². The number of carbonyl (C=O) groups excluding carboxylic acids is 2. The maximum absolute atomic E-state index is 12.6. The molecule has 1 saturated heterocycles. The Bertz CT molecular complexity index is 815. The molecule has 1 N–H and O–H groups in total. The number of ether oxygens (including phenoxy) is 1. The summed E-state index contributed by atoms with van der Waals surface area (Å²) in [4.78, 5) is 24.1.